The first-order valence-electron chi connectivity index (χ1n) is 5.47. The van der Waals surface area contributed by atoms with Gasteiger partial charge in [0.15, 0.2) is 0 Å². The number of thiazole rings is 1. The van der Waals surface area contributed by atoms with Crippen LogP contribution in [0.4, 0.5) is 4.39 Å². The van der Waals surface area contributed by atoms with Crippen LogP contribution in [0.3, 0.4) is 0 Å². The second-order valence-electron chi connectivity index (χ2n) is 4.01. The lowest BCUT2D eigenvalue weighted by Gasteiger charge is -2.15. The lowest BCUT2D eigenvalue weighted by atomic mass is 10.0. The molecule has 2 rings (SSSR count). The minimum Gasteiger partial charge on any atom is -0.309 e. The molecule has 0 bridgehead atoms. The van der Waals surface area contributed by atoms with Crippen molar-refractivity contribution in [2.45, 2.75) is 19.9 Å². The molecule has 1 aromatic heterocycles. The summed E-state index contributed by atoms with van der Waals surface area (Å²) in [6.07, 6.45) is 1.87. The van der Waals surface area contributed by atoms with Crippen molar-refractivity contribution in [1.82, 2.24) is 10.3 Å². The molecule has 90 valence electrons. The van der Waals surface area contributed by atoms with Gasteiger partial charge in [-0.3, -0.25) is 0 Å². The number of hydrogen-bond donors (Lipinski definition) is 1. The molecule has 1 N–H and O–H groups in total. The molecule has 1 unspecified atom stereocenters. The van der Waals surface area contributed by atoms with Crippen molar-refractivity contribution in [3.8, 4) is 0 Å². The summed E-state index contributed by atoms with van der Waals surface area (Å²) < 4.78 is 13.2. The summed E-state index contributed by atoms with van der Waals surface area (Å²) in [6, 6.07) is 5.30. The normalized spacial score (nSPS) is 12.7. The molecule has 0 aliphatic heterocycles. The monoisotopic (exact) mass is 250 g/mol. The lowest BCUT2D eigenvalue weighted by Crippen LogP contribution is -2.16. The second kappa shape index (κ2) is 4.94. The van der Waals surface area contributed by atoms with Crippen molar-refractivity contribution in [1.29, 1.82) is 0 Å². The molecule has 0 saturated heterocycles. The number of halogens is 1. The first kappa shape index (κ1) is 12.2. The number of rotatable bonds is 3. The standard InChI is InChI=1S/C13H15FN2S/c1-8-6-10(4-5-11(8)14)13(15-3)12-7-16-9(2)17-12/h4-7,13,15H,1-3H3. The van der Waals surface area contributed by atoms with Crippen LogP contribution in [0.25, 0.3) is 0 Å². The van der Waals surface area contributed by atoms with Crippen LogP contribution in [0.2, 0.25) is 0 Å². The van der Waals surface area contributed by atoms with E-state index in [9.17, 15) is 4.39 Å². The maximum absolute atomic E-state index is 13.2. The minimum atomic E-state index is -0.163. The highest BCUT2D eigenvalue weighted by atomic mass is 32.1. The largest absolute Gasteiger partial charge is 0.309 e. The lowest BCUT2D eigenvalue weighted by molar-refractivity contribution is 0.614. The molecule has 1 heterocycles. The predicted molar refractivity (Wildman–Crippen MR) is 68.9 cm³/mol. The fourth-order valence-electron chi connectivity index (χ4n) is 1.83. The van der Waals surface area contributed by atoms with Crippen LogP contribution in [0, 0.1) is 19.7 Å². The van der Waals surface area contributed by atoms with Crippen LogP contribution in [0.1, 0.15) is 27.1 Å². The van der Waals surface area contributed by atoms with E-state index in [1.165, 1.54) is 6.07 Å². The summed E-state index contributed by atoms with van der Waals surface area (Å²) >= 11 is 1.66. The average Bonchev–Trinajstić information content (AvgIpc) is 2.71. The maximum atomic E-state index is 13.2. The van der Waals surface area contributed by atoms with E-state index in [0.717, 1.165) is 15.4 Å². The number of nitrogens with one attached hydrogen (secondary N) is 1. The molecule has 0 aliphatic rings. The van der Waals surface area contributed by atoms with Gasteiger partial charge in [-0.05, 0) is 38.1 Å². The van der Waals surface area contributed by atoms with Crippen LogP contribution in [-0.2, 0) is 0 Å². The molecule has 4 heteroatoms. The van der Waals surface area contributed by atoms with Gasteiger partial charge in [0.05, 0.1) is 11.0 Å². The van der Waals surface area contributed by atoms with Crippen molar-refractivity contribution >= 4 is 11.3 Å². The van der Waals surface area contributed by atoms with Crippen LogP contribution in [-0.4, -0.2) is 12.0 Å². The summed E-state index contributed by atoms with van der Waals surface area (Å²) in [5.74, 6) is -0.163. The highest BCUT2D eigenvalue weighted by molar-refractivity contribution is 7.11. The Balaban J connectivity index is 2.38. The molecule has 0 aliphatic carbocycles. The zero-order valence-electron chi connectivity index (χ0n) is 10.1. The highest BCUT2D eigenvalue weighted by Crippen LogP contribution is 2.27. The molecule has 0 fully saturated rings. The van der Waals surface area contributed by atoms with E-state index >= 15 is 0 Å². The van der Waals surface area contributed by atoms with Crippen molar-refractivity contribution in [3.63, 3.8) is 0 Å². The van der Waals surface area contributed by atoms with E-state index in [-0.39, 0.29) is 11.9 Å². The molecule has 2 aromatic rings. The van der Waals surface area contributed by atoms with Gasteiger partial charge in [0, 0.05) is 11.1 Å². The SMILES string of the molecule is CNC(c1ccc(F)c(C)c1)c1cnc(C)s1. The zero-order valence-corrected chi connectivity index (χ0v) is 10.9. The van der Waals surface area contributed by atoms with Crippen LogP contribution in [0.15, 0.2) is 24.4 Å². The van der Waals surface area contributed by atoms with Gasteiger partial charge in [-0.15, -0.1) is 11.3 Å². The van der Waals surface area contributed by atoms with Gasteiger partial charge in [-0.2, -0.15) is 0 Å². The number of benzene rings is 1. The van der Waals surface area contributed by atoms with Gasteiger partial charge in [0.2, 0.25) is 0 Å². The number of aryl methyl sites for hydroxylation is 2. The van der Waals surface area contributed by atoms with Crippen molar-refractivity contribution < 1.29 is 4.39 Å². The molecule has 0 radical (unpaired) electrons. The number of hydrogen-bond acceptors (Lipinski definition) is 3. The Bertz CT molecular complexity index is 522. The molecular formula is C13H15FN2S. The smallest absolute Gasteiger partial charge is 0.126 e. The third-order valence-corrected chi connectivity index (χ3v) is 3.71. The quantitative estimate of drug-likeness (QED) is 0.904. The molecule has 1 aromatic carbocycles. The zero-order chi connectivity index (χ0) is 12.4. The van der Waals surface area contributed by atoms with E-state index in [1.807, 2.05) is 32.3 Å². The van der Waals surface area contributed by atoms with Gasteiger partial charge in [0.25, 0.3) is 0 Å². The van der Waals surface area contributed by atoms with E-state index in [4.69, 9.17) is 0 Å². The molecule has 0 saturated carbocycles. The van der Waals surface area contributed by atoms with Gasteiger partial charge >= 0.3 is 0 Å². The first-order valence-corrected chi connectivity index (χ1v) is 6.29. The highest BCUT2D eigenvalue weighted by Gasteiger charge is 2.15. The molecular weight excluding hydrogens is 235 g/mol. The van der Waals surface area contributed by atoms with Crippen LogP contribution in [0.5, 0.6) is 0 Å². The van der Waals surface area contributed by atoms with E-state index < -0.39 is 0 Å². The van der Waals surface area contributed by atoms with Gasteiger partial charge in [0.1, 0.15) is 5.82 Å². The Labute approximate surface area is 105 Å². The van der Waals surface area contributed by atoms with Crippen LogP contribution >= 0.6 is 11.3 Å². The third kappa shape index (κ3) is 2.53. The summed E-state index contributed by atoms with van der Waals surface area (Å²) in [7, 11) is 1.90. The van der Waals surface area contributed by atoms with E-state index in [2.05, 4.69) is 10.3 Å². The summed E-state index contributed by atoms with van der Waals surface area (Å²) in [5, 5.41) is 4.28. The van der Waals surface area contributed by atoms with Crippen molar-refractivity contribution in [3.05, 3.63) is 51.2 Å². The number of nitrogens with zero attached hydrogens (tertiary/aromatic N) is 1. The Hall–Kier alpha value is -1.26. The molecule has 1 atom stereocenters. The second-order valence-corrected chi connectivity index (χ2v) is 5.28. The van der Waals surface area contributed by atoms with Crippen molar-refractivity contribution in [2.75, 3.05) is 7.05 Å². The molecule has 0 amide bonds. The predicted octanol–water partition coefficient (Wildman–Crippen LogP) is 3.21. The maximum Gasteiger partial charge on any atom is 0.126 e. The van der Waals surface area contributed by atoms with Gasteiger partial charge < -0.3 is 5.32 Å². The van der Waals surface area contributed by atoms with E-state index in [1.54, 1.807) is 18.3 Å². The first-order chi connectivity index (χ1) is 8.11. The average molecular weight is 250 g/mol. The third-order valence-electron chi connectivity index (χ3n) is 2.73. The Morgan fingerprint density at radius 2 is 2.12 bits per heavy atom. The molecule has 0 spiro atoms. The van der Waals surface area contributed by atoms with Crippen LogP contribution < -0.4 is 5.32 Å². The Morgan fingerprint density at radius 1 is 1.35 bits per heavy atom. The Morgan fingerprint density at radius 3 is 2.65 bits per heavy atom. The summed E-state index contributed by atoms with van der Waals surface area (Å²) in [4.78, 5) is 5.40. The number of aromatic nitrogens is 1. The molecule has 17 heavy (non-hydrogen) atoms. The minimum absolute atomic E-state index is 0.0838. The van der Waals surface area contributed by atoms with Gasteiger partial charge in [-0.25, -0.2) is 9.37 Å². The fraction of sp³-hybridized carbons (Fsp3) is 0.308. The Kier molecular flexibility index (Phi) is 3.54. The molecule has 2 nitrogen and oxygen atoms in total. The van der Waals surface area contributed by atoms with Gasteiger partial charge in [-0.1, -0.05) is 12.1 Å². The van der Waals surface area contributed by atoms with E-state index in [0.29, 0.717) is 5.56 Å². The fourth-order valence-corrected chi connectivity index (χ4v) is 2.76. The topological polar surface area (TPSA) is 24.9 Å². The summed E-state index contributed by atoms with van der Waals surface area (Å²) in [5.41, 5.74) is 1.74. The summed E-state index contributed by atoms with van der Waals surface area (Å²) in [6.45, 7) is 3.76. The van der Waals surface area contributed by atoms with Crippen molar-refractivity contribution in [2.24, 2.45) is 0 Å².